The largest absolute Gasteiger partial charge is 0.454 e. The van der Waals surface area contributed by atoms with Gasteiger partial charge in [0.15, 0.2) is 10.7 Å². The van der Waals surface area contributed by atoms with Crippen LogP contribution in [0.4, 0.5) is 13.2 Å². The maximum atomic E-state index is 11.4. The molecule has 0 aliphatic rings. The van der Waals surface area contributed by atoms with E-state index in [0.717, 1.165) is 0 Å². The molecule has 1 atom stereocenters. The normalized spacial score (nSPS) is 14.3. The van der Waals surface area contributed by atoms with Crippen LogP contribution in [-0.2, 0) is 9.53 Å². The number of ether oxygens (including phenoxy) is 1. The van der Waals surface area contributed by atoms with Crippen molar-refractivity contribution in [3.05, 3.63) is 0 Å². The Hall–Kier alpha value is -0.0500. The molecule has 7 heteroatoms. The summed E-state index contributed by atoms with van der Waals surface area (Å²) in [5.41, 5.74) is 4.91. The van der Waals surface area contributed by atoms with E-state index in [1.165, 1.54) is 22.6 Å². The van der Waals surface area contributed by atoms with Crippen LogP contribution < -0.4 is 5.73 Å². The molecule has 0 spiro atoms. The lowest BCUT2D eigenvalue weighted by molar-refractivity contribution is -0.185. The smallest absolute Gasteiger partial charge is 0.422 e. The van der Waals surface area contributed by atoms with Crippen LogP contribution in [0.2, 0.25) is 0 Å². The Bertz CT molecular complexity index is 147. The van der Waals surface area contributed by atoms with E-state index < -0.39 is 22.8 Å². The lowest BCUT2D eigenvalue weighted by Crippen LogP contribution is -2.29. The van der Waals surface area contributed by atoms with E-state index in [9.17, 15) is 18.0 Å². The second-order valence-electron chi connectivity index (χ2n) is 1.62. The fraction of sp³-hybridized carbons (Fsp3) is 0.750. The Morgan fingerprint density at radius 2 is 2.09 bits per heavy atom. The fourth-order valence-electron chi connectivity index (χ4n) is 0.233. The molecule has 0 fully saturated rings. The number of rotatable bonds is 2. The molecule has 1 unspecified atom stereocenters. The average molecular weight is 283 g/mol. The molecule has 0 amide bonds. The fourth-order valence-corrected chi connectivity index (χ4v) is 0.412. The number of carbonyl (C=O) groups excluding carboxylic acids is 1. The van der Waals surface area contributed by atoms with Crippen LogP contribution in [0.25, 0.3) is 0 Å². The maximum Gasteiger partial charge on any atom is 0.422 e. The second-order valence-corrected chi connectivity index (χ2v) is 2.97. The second kappa shape index (κ2) is 4.10. The van der Waals surface area contributed by atoms with Crippen molar-refractivity contribution in [3.8, 4) is 0 Å². The summed E-state index contributed by atoms with van der Waals surface area (Å²) < 4.78 is 36.8. The van der Waals surface area contributed by atoms with E-state index in [0.29, 0.717) is 0 Å². The van der Waals surface area contributed by atoms with Gasteiger partial charge in [-0.1, -0.05) is 22.6 Å². The summed E-state index contributed by atoms with van der Waals surface area (Å²) >= 11 is 1.46. The molecule has 0 radical (unpaired) electrons. The van der Waals surface area contributed by atoms with Gasteiger partial charge >= 0.3 is 12.1 Å². The number of hydrogen-bond donors (Lipinski definition) is 1. The summed E-state index contributed by atoms with van der Waals surface area (Å²) in [6.45, 7) is -1.58. The molecule has 66 valence electrons. The van der Waals surface area contributed by atoms with Gasteiger partial charge in [-0.2, -0.15) is 13.2 Å². The number of hydrogen-bond acceptors (Lipinski definition) is 3. The van der Waals surface area contributed by atoms with Crippen molar-refractivity contribution < 1.29 is 22.7 Å². The van der Waals surface area contributed by atoms with Gasteiger partial charge < -0.3 is 10.5 Å². The number of alkyl halides is 4. The van der Waals surface area contributed by atoms with Crippen LogP contribution in [0, 0.1) is 0 Å². The maximum absolute atomic E-state index is 11.4. The summed E-state index contributed by atoms with van der Waals surface area (Å²) in [5, 5.41) is 0. The summed E-state index contributed by atoms with van der Waals surface area (Å²) in [7, 11) is 0. The van der Waals surface area contributed by atoms with Crippen LogP contribution in [0.3, 0.4) is 0 Å². The first-order valence-electron chi connectivity index (χ1n) is 2.46. The zero-order chi connectivity index (χ0) is 9.07. The SMILES string of the molecule is NC(I)C(=O)OCC(F)(F)F. The molecule has 0 aliphatic heterocycles. The molecule has 0 bridgehead atoms. The zero-order valence-electron chi connectivity index (χ0n) is 5.19. The number of halogens is 4. The third kappa shape index (κ3) is 6.35. The minimum Gasteiger partial charge on any atom is -0.454 e. The van der Waals surface area contributed by atoms with E-state index in [4.69, 9.17) is 5.73 Å². The molecule has 0 heterocycles. The topological polar surface area (TPSA) is 52.3 Å². The molecule has 0 aliphatic carbocycles. The van der Waals surface area contributed by atoms with Gasteiger partial charge in [0.1, 0.15) is 0 Å². The molecule has 0 aromatic carbocycles. The van der Waals surface area contributed by atoms with Crippen LogP contribution in [-0.4, -0.2) is 22.8 Å². The van der Waals surface area contributed by atoms with Crippen molar-refractivity contribution in [1.82, 2.24) is 0 Å². The third-order valence-corrected chi connectivity index (χ3v) is 1.11. The first kappa shape index (κ1) is 11.0. The Morgan fingerprint density at radius 1 is 1.64 bits per heavy atom. The highest BCUT2D eigenvalue weighted by atomic mass is 127. The van der Waals surface area contributed by atoms with E-state index in [1.54, 1.807) is 0 Å². The van der Waals surface area contributed by atoms with Gasteiger partial charge in [0.05, 0.1) is 0 Å². The van der Waals surface area contributed by atoms with E-state index >= 15 is 0 Å². The van der Waals surface area contributed by atoms with E-state index in [2.05, 4.69) is 4.74 Å². The highest BCUT2D eigenvalue weighted by Gasteiger charge is 2.30. The van der Waals surface area contributed by atoms with Crippen molar-refractivity contribution in [2.45, 2.75) is 10.2 Å². The molecule has 0 rings (SSSR count). The van der Waals surface area contributed by atoms with Gasteiger partial charge in [-0.3, -0.25) is 0 Å². The van der Waals surface area contributed by atoms with Crippen molar-refractivity contribution in [1.29, 1.82) is 0 Å². The molecule has 0 aromatic rings. The lowest BCUT2D eigenvalue weighted by atomic mass is 10.6. The van der Waals surface area contributed by atoms with Crippen LogP contribution in [0.5, 0.6) is 0 Å². The monoisotopic (exact) mass is 283 g/mol. The summed E-state index contributed by atoms with van der Waals surface area (Å²) in [4.78, 5) is 10.3. The van der Waals surface area contributed by atoms with Crippen molar-refractivity contribution in [2.75, 3.05) is 6.61 Å². The van der Waals surface area contributed by atoms with Crippen LogP contribution >= 0.6 is 22.6 Å². The van der Waals surface area contributed by atoms with Crippen molar-refractivity contribution in [3.63, 3.8) is 0 Å². The lowest BCUT2D eigenvalue weighted by Gasteiger charge is -2.08. The Morgan fingerprint density at radius 3 is 2.36 bits per heavy atom. The quantitative estimate of drug-likeness (QED) is 0.353. The molecule has 0 saturated carbocycles. The van der Waals surface area contributed by atoms with Gasteiger partial charge in [-0.25, -0.2) is 4.79 Å². The third-order valence-electron chi connectivity index (χ3n) is 0.603. The first-order chi connectivity index (χ1) is 4.83. The molecular weight excluding hydrogens is 278 g/mol. The van der Waals surface area contributed by atoms with Gasteiger partial charge in [-0.05, 0) is 0 Å². The first-order valence-corrected chi connectivity index (χ1v) is 3.70. The molecule has 11 heavy (non-hydrogen) atoms. The summed E-state index contributed by atoms with van der Waals surface area (Å²) in [5.74, 6) is -1.07. The predicted molar refractivity (Wildman–Crippen MR) is 39.0 cm³/mol. The van der Waals surface area contributed by atoms with Gasteiger partial charge in [0.2, 0.25) is 0 Å². The molecule has 0 saturated heterocycles. The van der Waals surface area contributed by atoms with Crippen molar-refractivity contribution in [2.24, 2.45) is 5.73 Å². The van der Waals surface area contributed by atoms with Gasteiger partial charge in [-0.15, -0.1) is 0 Å². The molecule has 2 N–H and O–H groups in total. The van der Waals surface area contributed by atoms with Crippen LogP contribution in [0.1, 0.15) is 0 Å². The molecule has 3 nitrogen and oxygen atoms in total. The predicted octanol–water partition coefficient (Wildman–Crippen LogP) is 0.812. The molecular formula is C4H5F3INO2. The number of carbonyl (C=O) groups is 1. The standard InChI is InChI=1S/C4H5F3INO2/c5-4(6,7)1-11-3(10)2(8)9/h2H,1,9H2. The van der Waals surface area contributed by atoms with Crippen molar-refractivity contribution >= 4 is 28.6 Å². The Labute approximate surface area is 74.2 Å². The summed E-state index contributed by atoms with van der Waals surface area (Å²) in [6, 6.07) is 0. The minimum absolute atomic E-state index is 1.05. The summed E-state index contributed by atoms with van der Waals surface area (Å²) in [6.07, 6.45) is -4.48. The minimum atomic E-state index is -4.48. The van der Waals surface area contributed by atoms with Crippen LogP contribution in [0.15, 0.2) is 0 Å². The van der Waals surface area contributed by atoms with E-state index in [-0.39, 0.29) is 0 Å². The number of esters is 1. The van der Waals surface area contributed by atoms with Gasteiger partial charge in [0, 0.05) is 0 Å². The zero-order valence-corrected chi connectivity index (χ0v) is 7.35. The average Bonchev–Trinajstić information content (AvgIpc) is 1.80. The molecule has 0 aromatic heterocycles. The van der Waals surface area contributed by atoms with E-state index in [1.807, 2.05) is 0 Å². The van der Waals surface area contributed by atoms with Gasteiger partial charge in [0.25, 0.3) is 0 Å². The highest BCUT2D eigenvalue weighted by Crippen LogP contribution is 2.14. The highest BCUT2D eigenvalue weighted by molar-refractivity contribution is 14.1. The number of nitrogens with two attached hydrogens (primary N) is 1. The Kier molecular flexibility index (Phi) is 4.08. The Balaban J connectivity index is 3.64.